The molecule has 1 unspecified atom stereocenters. The van der Waals surface area contributed by atoms with Crippen LogP contribution in [0.25, 0.3) is 0 Å². The number of benzene rings is 1. The van der Waals surface area contributed by atoms with Crippen LogP contribution < -0.4 is 5.30 Å². The molecule has 0 heterocycles. The zero-order chi connectivity index (χ0) is 9.36. The van der Waals surface area contributed by atoms with Crippen LogP contribution in [0.4, 0.5) is 0 Å². The molecule has 1 aromatic carbocycles. The lowest BCUT2D eigenvalue weighted by Gasteiger charge is -2.03. The SMILES string of the molecule is CCOCCOPc1ccccc1. The molecule has 0 saturated heterocycles. The summed E-state index contributed by atoms with van der Waals surface area (Å²) in [6.07, 6.45) is 0. The van der Waals surface area contributed by atoms with Gasteiger partial charge in [-0.25, -0.2) is 0 Å². The average Bonchev–Trinajstić information content (AvgIpc) is 2.19. The van der Waals surface area contributed by atoms with Gasteiger partial charge in [0.15, 0.2) is 0 Å². The predicted molar refractivity (Wildman–Crippen MR) is 56.8 cm³/mol. The molecule has 0 amide bonds. The van der Waals surface area contributed by atoms with Crippen LogP contribution in [-0.4, -0.2) is 19.8 Å². The maximum atomic E-state index is 5.42. The van der Waals surface area contributed by atoms with Crippen molar-refractivity contribution in [2.75, 3.05) is 19.8 Å². The van der Waals surface area contributed by atoms with E-state index in [9.17, 15) is 0 Å². The molecule has 0 aliphatic heterocycles. The van der Waals surface area contributed by atoms with Gasteiger partial charge in [0.05, 0.1) is 13.2 Å². The Hall–Kier alpha value is -0.430. The molecule has 1 aromatic rings. The maximum absolute atomic E-state index is 5.42. The van der Waals surface area contributed by atoms with Crippen LogP contribution >= 0.6 is 8.81 Å². The van der Waals surface area contributed by atoms with Gasteiger partial charge in [-0.2, -0.15) is 0 Å². The van der Waals surface area contributed by atoms with E-state index >= 15 is 0 Å². The lowest BCUT2D eigenvalue weighted by molar-refractivity contribution is 0.116. The summed E-state index contributed by atoms with van der Waals surface area (Å²) < 4.78 is 10.6. The third-order valence-electron chi connectivity index (χ3n) is 1.50. The summed E-state index contributed by atoms with van der Waals surface area (Å²) in [5.41, 5.74) is 0. The highest BCUT2D eigenvalue weighted by Gasteiger charge is 1.91. The predicted octanol–water partition coefficient (Wildman–Crippen LogP) is 1.96. The number of rotatable bonds is 6. The van der Waals surface area contributed by atoms with Crippen LogP contribution in [0.2, 0.25) is 0 Å². The first-order valence-corrected chi connectivity index (χ1v) is 5.35. The minimum atomic E-state index is 0.436. The van der Waals surface area contributed by atoms with Gasteiger partial charge in [0.1, 0.15) is 0 Å². The Bertz CT molecular complexity index is 213. The molecule has 13 heavy (non-hydrogen) atoms. The molecular weight excluding hydrogens is 183 g/mol. The highest BCUT2D eigenvalue weighted by molar-refractivity contribution is 7.41. The molecule has 0 aliphatic carbocycles. The Labute approximate surface area is 81.1 Å². The first kappa shape index (κ1) is 10.6. The van der Waals surface area contributed by atoms with E-state index in [0.717, 1.165) is 6.61 Å². The fourth-order valence-corrected chi connectivity index (χ4v) is 1.57. The summed E-state index contributed by atoms with van der Waals surface area (Å²) in [7, 11) is 0.436. The molecule has 0 radical (unpaired) electrons. The smallest absolute Gasteiger partial charge is 0.0744 e. The summed E-state index contributed by atoms with van der Waals surface area (Å²) in [4.78, 5) is 0. The summed E-state index contributed by atoms with van der Waals surface area (Å²) in [6, 6.07) is 10.2. The second-order valence-corrected chi connectivity index (χ2v) is 3.58. The Balaban J connectivity index is 2.07. The quantitative estimate of drug-likeness (QED) is 0.514. The third kappa shape index (κ3) is 4.99. The molecule has 1 rings (SSSR count). The summed E-state index contributed by atoms with van der Waals surface area (Å²) in [5.74, 6) is 0. The van der Waals surface area contributed by atoms with Gasteiger partial charge >= 0.3 is 0 Å². The molecule has 72 valence electrons. The minimum Gasteiger partial charge on any atom is -0.379 e. The Kier molecular flexibility index (Phi) is 5.75. The number of hydrogen-bond acceptors (Lipinski definition) is 2. The van der Waals surface area contributed by atoms with E-state index in [2.05, 4.69) is 12.1 Å². The van der Waals surface area contributed by atoms with Crippen molar-refractivity contribution >= 4 is 14.1 Å². The molecule has 0 saturated carbocycles. The third-order valence-corrected chi connectivity index (χ3v) is 2.42. The zero-order valence-corrected chi connectivity index (χ0v) is 8.82. The molecule has 0 bridgehead atoms. The first-order valence-electron chi connectivity index (χ1n) is 4.44. The van der Waals surface area contributed by atoms with E-state index < -0.39 is 0 Å². The second-order valence-electron chi connectivity index (χ2n) is 2.51. The van der Waals surface area contributed by atoms with E-state index in [4.69, 9.17) is 9.26 Å². The van der Waals surface area contributed by atoms with E-state index in [-0.39, 0.29) is 0 Å². The van der Waals surface area contributed by atoms with Crippen LogP contribution in [-0.2, 0) is 9.26 Å². The topological polar surface area (TPSA) is 18.5 Å². The van der Waals surface area contributed by atoms with Gasteiger partial charge in [0, 0.05) is 15.4 Å². The molecule has 0 N–H and O–H groups in total. The maximum Gasteiger partial charge on any atom is 0.0744 e. The minimum absolute atomic E-state index is 0.436. The van der Waals surface area contributed by atoms with Gasteiger partial charge in [-0.3, -0.25) is 0 Å². The van der Waals surface area contributed by atoms with Crippen molar-refractivity contribution < 1.29 is 9.26 Å². The second kappa shape index (κ2) is 7.02. The Morgan fingerprint density at radius 2 is 1.92 bits per heavy atom. The standard InChI is InChI=1S/C10H15O2P/c1-2-11-8-9-12-13-10-6-4-3-5-7-10/h3-7,13H,2,8-9H2,1H3. The van der Waals surface area contributed by atoms with E-state index in [1.54, 1.807) is 0 Å². The normalized spacial score (nSPS) is 11.2. The van der Waals surface area contributed by atoms with Crippen molar-refractivity contribution in [2.24, 2.45) is 0 Å². The fraction of sp³-hybridized carbons (Fsp3) is 0.400. The molecule has 0 aromatic heterocycles. The van der Waals surface area contributed by atoms with Gasteiger partial charge in [-0.15, -0.1) is 0 Å². The van der Waals surface area contributed by atoms with Crippen molar-refractivity contribution in [1.29, 1.82) is 0 Å². The van der Waals surface area contributed by atoms with E-state index in [1.165, 1.54) is 5.30 Å². The zero-order valence-electron chi connectivity index (χ0n) is 7.82. The first-order chi connectivity index (χ1) is 6.43. The monoisotopic (exact) mass is 198 g/mol. The van der Waals surface area contributed by atoms with Crippen LogP contribution in [0.3, 0.4) is 0 Å². The van der Waals surface area contributed by atoms with Gasteiger partial charge in [0.25, 0.3) is 0 Å². The molecule has 1 atom stereocenters. The fourth-order valence-electron chi connectivity index (χ4n) is 0.885. The molecule has 0 fully saturated rings. The van der Waals surface area contributed by atoms with E-state index in [1.807, 2.05) is 25.1 Å². The molecule has 0 aliphatic rings. The van der Waals surface area contributed by atoms with Gasteiger partial charge in [-0.05, 0) is 12.2 Å². The summed E-state index contributed by atoms with van der Waals surface area (Å²) in [6.45, 7) is 4.12. The molecule has 0 spiro atoms. The van der Waals surface area contributed by atoms with Gasteiger partial charge in [-0.1, -0.05) is 30.3 Å². The van der Waals surface area contributed by atoms with Crippen molar-refractivity contribution in [1.82, 2.24) is 0 Å². The highest BCUT2D eigenvalue weighted by Crippen LogP contribution is 2.10. The molecule has 3 heteroatoms. The van der Waals surface area contributed by atoms with Crippen molar-refractivity contribution in [3.63, 3.8) is 0 Å². The largest absolute Gasteiger partial charge is 0.379 e. The van der Waals surface area contributed by atoms with Crippen LogP contribution in [0.15, 0.2) is 30.3 Å². The Morgan fingerprint density at radius 3 is 2.62 bits per heavy atom. The van der Waals surface area contributed by atoms with Crippen molar-refractivity contribution in [3.8, 4) is 0 Å². The van der Waals surface area contributed by atoms with Crippen LogP contribution in [0.5, 0.6) is 0 Å². The lowest BCUT2D eigenvalue weighted by atomic mass is 10.4. The van der Waals surface area contributed by atoms with E-state index in [0.29, 0.717) is 22.0 Å². The number of ether oxygens (including phenoxy) is 1. The molecule has 2 nitrogen and oxygen atoms in total. The van der Waals surface area contributed by atoms with Crippen molar-refractivity contribution in [3.05, 3.63) is 30.3 Å². The van der Waals surface area contributed by atoms with Crippen LogP contribution in [0.1, 0.15) is 6.92 Å². The summed E-state index contributed by atoms with van der Waals surface area (Å²) in [5, 5.41) is 1.24. The van der Waals surface area contributed by atoms with Gasteiger partial charge in [0.2, 0.25) is 0 Å². The van der Waals surface area contributed by atoms with Gasteiger partial charge < -0.3 is 9.26 Å². The summed E-state index contributed by atoms with van der Waals surface area (Å²) >= 11 is 0. The Morgan fingerprint density at radius 1 is 1.15 bits per heavy atom. The average molecular weight is 198 g/mol. The lowest BCUT2D eigenvalue weighted by Crippen LogP contribution is -2.01. The molecular formula is C10H15O2P. The van der Waals surface area contributed by atoms with Crippen molar-refractivity contribution in [2.45, 2.75) is 6.92 Å². The van der Waals surface area contributed by atoms with Crippen LogP contribution in [0, 0.1) is 0 Å². The highest BCUT2D eigenvalue weighted by atomic mass is 31.1. The number of hydrogen-bond donors (Lipinski definition) is 0.